The number of rotatable bonds is 2. The second kappa shape index (κ2) is 6.04. The minimum Gasteiger partial charge on any atom is -0.389 e. The SMILES string of the molecule is CC(=O)N1CC[C@@H](NC(=O)c2cccc3c2ccn3C)[C@H](O)C1. The first-order chi connectivity index (χ1) is 11.0. The van der Waals surface area contributed by atoms with E-state index in [1.54, 1.807) is 11.0 Å². The molecule has 1 aliphatic heterocycles. The minimum absolute atomic E-state index is 0.0529. The Hall–Kier alpha value is -2.34. The van der Waals surface area contributed by atoms with Crippen LogP contribution in [0.2, 0.25) is 0 Å². The van der Waals surface area contributed by atoms with Gasteiger partial charge in [0.15, 0.2) is 0 Å². The van der Waals surface area contributed by atoms with Crippen molar-refractivity contribution in [1.29, 1.82) is 0 Å². The average Bonchev–Trinajstić information content (AvgIpc) is 2.90. The van der Waals surface area contributed by atoms with Crippen LogP contribution in [-0.2, 0) is 11.8 Å². The van der Waals surface area contributed by atoms with Gasteiger partial charge < -0.3 is 19.9 Å². The van der Waals surface area contributed by atoms with Crippen molar-refractivity contribution in [2.24, 2.45) is 7.05 Å². The van der Waals surface area contributed by atoms with Gasteiger partial charge in [-0.1, -0.05) is 6.07 Å². The van der Waals surface area contributed by atoms with Crippen molar-refractivity contribution in [2.75, 3.05) is 13.1 Å². The van der Waals surface area contributed by atoms with Crippen LogP contribution in [0.15, 0.2) is 30.5 Å². The van der Waals surface area contributed by atoms with E-state index in [4.69, 9.17) is 0 Å². The highest BCUT2D eigenvalue weighted by atomic mass is 16.3. The zero-order valence-electron chi connectivity index (χ0n) is 13.3. The predicted octanol–water partition coefficient (Wildman–Crippen LogP) is 0.890. The first kappa shape index (κ1) is 15.6. The molecule has 1 aromatic heterocycles. The summed E-state index contributed by atoms with van der Waals surface area (Å²) in [5.41, 5.74) is 1.59. The van der Waals surface area contributed by atoms with E-state index in [1.807, 2.05) is 36.0 Å². The third kappa shape index (κ3) is 2.94. The van der Waals surface area contributed by atoms with Crippen molar-refractivity contribution in [3.05, 3.63) is 36.0 Å². The topological polar surface area (TPSA) is 74.6 Å². The molecule has 1 aliphatic rings. The molecule has 2 N–H and O–H groups in total. The molecular formula is C17H21N3O3. The van der Waals surface area contributed by atoms with Crippen molar-refractivity contribution in [1.82, 2.24) is 14.8 Å². The number of fused-ring (bicyclic) bond motifs is 1. The Labute approximate surface area is 134 Å². The number of piperidine rings is 1. The smallest absolute Gasteiger partial charge is 0.252 e. The fourth-order valence-electron chi connectivity index (χ4n) is 3.13. The number of carbonyl (C=O) groups excluding carboxylic acids is 2. The number of carbonyl (C=O) groups is 2. The maximum Gasteiger partial charge on any atom is 0.252 e. The number of β-amino-alcohol motifs (C(OH)–C–C–N with tert-alkyl or cyclic N) is 1. The van der Waals surface area contributed by atoms with E-state index in [2.05, 4.69) is 5.32 Å². The number of benzene rings is 1. The number of hydrogen-bond acceptors (Lipinski definition) is 3. The summed E-state index contributed by atoms with van der Waals surface area (Å²) in [6.07, 6.45) is 1.73. The molecule has 2 atom stereocenters. The molecule has 2 heterocycles. The van der Waals surface area contributed by atoms with Crippen LogP contribution in [0.5, 0.6) is 0 Å². The van der Waals surface area contributed by atoms with E-state index < -0.39 is 6.10 Å². The monoisotopic (exact) mass is 315 g/mol. The Bertz CT molecular complexity index is 753. The Balaban J connectivity index is 1.75. The molecule has 0 radical (unpaired) electrons. The molecule has 6 heteroatoms. The van der Waals surface area contributed by atoms with Crippen LogP contribution in [0.4, 0.5) is 0 Å². The molecule has 0 aliphatic carbocycles. The van der Waals surface area contributed by atoms with Crippen molar-refractivity contribution in [2.45, 2.75) is 25.5 Å². The molecule has 2 amide bonds. The van der Waals surface area contributed by atoms with E-state index in [9.17, 15) is 14.7 Å². The molecule has 6 nitrogen and oxygen atoms in total. The fourth-order valence-corrected chi connectivity index (χ4v) is 3.13. The number of aromatic nitrogens is 1. The summed E-state index contributed by atoms with van der Waals surface area (Å²) in [6, 6.07) is 7.18. The Kier molecular flexibility index (Phi) is 4.09. The Morgan fingerprint density at radius 2 is 2.09 bits per heavy atom. The number of hydrogen-bond donors (Lipinski definition) is 2. The van der Waals surface area contributed by atoms with Crippen molar-refractivity contribution < 1.29 is 14.7 Å². The van der Waals surface area contributed by atoms with Gasteiger partial charge in [0, 0.05) is 49.7 Å². The summed E-state index contributed by atoms with van der Waals surface area (Å²) >= 11 is 0. The normalized spacial score (nSPS) is 21.4. The lowest BCUT2D eigenvalue weighted by Gasteiger charge is -2.35. The van der Waals surface area contributed by atoms with Crippen molar-refractivity contribution >= 4 is 22.7 Å². The van der Waals surface area contributed by atoms with Crippen LogP contribution in [0, 0.1) is 0 Å². The lowest BCUT2D eigenvalue weighted by Crippen LogP contribution is -2.55. The summed E-state index contributed by atoms with van der Waals surface area (Å²) in [5, 5.41) is 14.0. The molecule has 23 heavy (non-hydrogen) atoms. The largest absolute Gasteiger partial charge is 0.389 e. The van der Waals surface area contributed by atoms with E-state index >= 15 is 0 Å². The second-order valence-corrected chi connectivity index (χ2v) is 6.07. The van der Waals surface area contributed by atoms with Gasteiger partial charge in [-0.2, -0.15) is 0 Å². The second-order valence-electron chi connectivity index (χ2n) is 6.07. The zero-order chi connectivity index (χ0) is 16.6. The fraction of sp³-hybridized carbons (Fsp3) is 0.412. The number of amides is 2. The van der Waals surface area contributed by atoms with Crippen molar-refractivity contribution in [3.8, 4) is 0 Å². The average molecular weight is 315 g/mol. The molecule has 0 saturated carbocycles. The van der Waals surface area contributed by atoms with Gasteiger partial charge in [-0.15, -0.1) is 0 Å². The van der Waals surface area contributed by atoms with E-state index in [0.717, 1.165) is 10.9 Å². The molecule has 0 spiro atoms. The van der Waals surface area contributed by atoms with Gasteiger partial charge >= 0.3 is 0 Å². The van der Waals surface area contributed by atoms with Crippen LogP contribution < -0.4 is 5.32 Å². The molecule has 1 saturated heterocycles. The van der Waals surface area contributed by atoms with Gasteiger partial charge in [-0.05, 0) is 24.6 Å². The van der Waals surface area contributed by atoms with Gasteiger partial charge in [0.05, 0.1) is 12.1 Å². The molecule has 0 unspecified atom stereocenters. The van der Waals surface area contributed by atoms with E-state index in [-0.39, 0.29) is 24.4 Å². The minimum atomic E-state index is -0.744. The predicted molar refractivity (Wildman–Crippen MR) is 87.1 cm³/mol. The number of likely N-dealkylation sites (tertiary alicyclic amines) is 1. The molecule has 122 valence electrons. The molecule has 0 bridgehead atoms. The van der Waals surface area contributed by atoms with Crippen LogP contribution in [0.1, 0.15) is 23.7 Å². The molecule has 3 rings (SSSR count). The van der Waals surface area contributed by atoms with Crippen LogP contribution in [0.25, 0.3) is 10.9 Å². The lowest BCUT2D eigenvalue weighted by molar-refractivity contribution is -0.132. The van der Waals surface area contributed by atoms with Gasteiger partial charge in [0.25, 0.3) is 5.91 Å². The Morgan fingerprint density at radius 1 is 1.30 bits per heavy atom. The van der Waals surface area contributed by atoms with E-state index in [0.29, 0.717) is 18.5 Å². The maximum absolute atomic E-state index is 12.6. The highest BCUT2D eigenvalue weighted by Gasteiger charge is 2.30. The highest BCUT2D eigenvalue weighted by Crippen LogP contribution is 2.20. The maximum atomic E-state index is 12.6. The van der Waals surface area contributed by atoms with Crippen LogP contribution in [-0.4, -0.2) is 51.6 Å². The Morgan fingerprint density at radius 3 is 2.78 bits per heavy atom. The summed E-state index contributed by atoms with van der Waals surface area (Å²) in [4.78, 5) is 25.6. The number of aliphatic hydroxyl groups is 1. The van der Waals surface area contributed by atoms with Crippen molar-refractivity contribution in [3.63, 3.8) is 0 Å². The first-order valence-electron chi connectivity index (χ1n) is 7.76. The number of aryl methyl sites for hydroxylation is 1. The molecule has 2 aromatic rings. The summed E-state index contributed by atoms with van der Waals surface area (Å²) in [7, 11) is 1.94. The van der Waals surface area contributed by atoms with Gasteiger partial charge in [-0.25, -0.2) is 0 Å². The van der Waals surface area contributed by atoms with Gasteiger partial charge in [0.2, 0.25) is 5.91 Å². The lowest BCUT2D eigenvalue weighted by atomic mass is 10.0. The highest BCUT2D eigenvalue weighted by molar-refractivity contribution is 6.06. The molecule has 1 aromatic carbocycles. The first-order valence-corrected chi connectivity index (χ1v) is 7.76. The number of aliphatic hydroxyl groups excluding tert-OH is 1. The van der Waals surface area contributed by atoms with E-state index in [1.165, 1.54) is 6.92 Å². The standard InChI is InChI=1S/C17H21N3O3/c1-11(21)20-9-7-14(16(22)10-20)18-17(23)13-4-3-5-15-12(13)6-8-19(15)2/h3-6,8,14,16,22H,7,9-10H2,1-2H3,(H,18,23)/t14-,16-/m1/s1. The third-order valence-corrected chi connectivity index (χ3v) is 4.52. The summed E-state index contributed by atoms with van der Waals surface area (Å²) in [5.74, 6) is -0.245. The molecule has 1 fully saturated rings. The van der Waals surface area contributed by atoms with Gasteiger partial charge in [0.1, 0.15) is 0 Å². The van der Waals surface area contributed by atoms with Crippen LogP contribution in [0.3, 0.4) is 0 Å². The summed E-state index contributed by atoms with van der Waals surface area (Å²) < 4.78 is 1.96. The third-order valence-electron chi connectivity index (χ3n) is 4.52. The zero-order valence-corrected chi connectivity index (χ0v) is 13.3. The summed E-state index contributed by atoms with van der Waals surface area (Å²) in [6.45, 7) is 2.30. The molecular weight excluding hydrogens is 294 g/mol. The number of nitrogens with zero attached hydrogens (tertiary/aromatic N) is 2. The quantitative estimate of drug-likeness (QED) is 0.864. The number of nitrogens with one attached hydrogen (secondary N) is 1. The van der Waals surface area contributed by atoms with Crippen LogP contribution >= 0.6 is 0 Å². The van der Waals surface area contributed by atoms with Gasteiger partial charge in [-0.3, -0.25) is 9.59 Å².